The van der Waals surface area contributed by atoms with Crippen molar-refractivity contribution < 1.29 is 42.8 Å². The molecule has 1 aromatic carbocycles. The van der Waals surface area contributed by atoms with E-state index in [-0.39, 0.29) is 36.8 Å². The molecule has 1 aromatic heterocycles. The van der Waals surface area contributed by atoms with E-state index in [0.717, 1.165) is 41.2 Å². The zero-order valence-electron chi connectivity index (χ0n) is 28.0. The number of furan rings is 1. The maximum atomic E-state index is 14.0. The van der Waals surface area contributed by atoms with Crippen LogP contribution in [0.15, 0.2) is 64.6 Å². The first-order chi connectivity index (χ1) is 22.1. The van der Waals surface area contributed by atoms with Crippen LogP contribution in [0.3, 0.4) is 0 Å². The molecular formula is C37H50O9. The van der Waals surface area contributed by atoms with Crippen molar-refractivity contribution in [3.63, 3.8) is 0 Å². The molecule has 1 aliphatic heterocycles. The maximum absolute atomic E-state index is 14.0. The van der Waals surface area contributed by atoms with Gasteiger partial charge < -0.3 is 33.2 Å². The number of fused-ring (bicyclic) bond motifs is 2. The number of aliphatic hydroxyl groups excluding tert-OH is 1. The lowest BCUT2D eigenvalue weighted by atomic mass is 9.66. The van der Waals surface area contributed by atoms with Crippen LogP contribution in [0.2, 0.25) is 0 Å². The number of benzene rings is 1. The van der Waals surface area contributed by atoms with Gasteiger partial charge in [0.05, 0.1) is 56.4 Å². The van der Waals surface area contributed by atoms with Crippen molar-refractivity contribution >= 4 is 11.8 Å². The van der Waals surface area contributed by atoms with Crippen molar-refractivity contribution in [3.05, 3.63) is 77.3 Å². The number of ether oxygens (including phenoxy) is 5. The number of hydrogen-bond donors (Lipinski definition) is 1. The van der Waals surface area contributed by atoms with Gasteiger partial charge in [-0.3, -0.25) is 9.59 Å². The lowest BCUT2D eigenvalue weighted by Crippen LogP contribution is -2.51. The average Bonchev–Trinajstić information content (AvgIpc) is 3.48. The second kappa shape index (κ2) is 16.5. The average molecular weight is 639 g/mol. The highest BCUT2D eigenvalue weighted by Gasteiger charge is 2.51. The molecule has 0 saturated heterocycles. The molecular weight excluding hydrogens is 588 g/mol. The van der Waals surface area contributed by atoms with Gasteiger partial charge in [-0.05, 0) is 57.7 Å². The van der Waals surface area contributed by atoms with Crippen LogP contribution in [-0.2, 0) is 34.0 Å². The number of carbonyl (C=O) groups is 2. The minimum absolute atomic E-state index is 0.0111. The first kappa shape index (κ1) is 35.6. The van der Waals surface area contributed by atoms with E-state index in [9.17, 15) is 14.7 Å². The Morgan fingerprint density at radius 2 is 1.91 bits per heavy atom. The fourth-order valence-electron chi connectivity index (χ4n) is 6.76. The molecule has 1 N–H and O–H groups in total. The van der Waals surface area contributed by atoms with Crippen LogP contribution in [0.25, 0.3) is 0 Å². The van der Waals surface area contributed by atoms with Gasteiger partial charge in [0.15, 0.2) is 0 Å². The Hall–Kier alpha value is -3.24. The Bertz CT molecular complexity index is 1360. The van der Waals surface area contributed by atoms with E-state index in [1.165, 1.54) is 0 Å². The predicted octanol–water partition coefficient (Wildman–Crippen LogP) is 6.08. The quantitative estimate of drug-likeness (QED) is 0.133. The third kappa shape index (κ3) is 8.37. The highest BCUT2D eigenvalue weighted by molar-refractivity contribution is 5.86. The van der Waals surface area contributed by atoms with E-state index >= 15 is 0 Å². The number of ketones is 1. The van der Waals surface area contributed by atoms with Crippen molar-refractivity contribution in [2.45, 2.75) is 77.1 Å². The standard InChI is InChI=1S/C37H50O9/c1-7-26-22-31-34(36(44-20-19-41-5)29-12-8-9-13-30(29)46-31)35(40)28(26)17-18-43-33(39)14-10-11-27(38)21-24(2)37(4,23-42-6)32-16-15-25(3)45-32/h8-13,15-16,21,26-28,31,34,36,38H,7,14,17-20,22-23H2,1-6H3. The number of methoxy groups -OCH3 is 2. The summed E-state index contributed by atoms with van der Waals surface area (Å²) in [6.07, 6.45) is 5.33. The Balaban J connectivity index is 1.33. The fourth-order valence-corrected chi connectivity index (χ4v) is 6.76. The molecule has 46 heavy (non-hydrogen) atoms. The van der Waals surface area contributed by atoms with E-state index < -0.39 is 29.5 Å². The van der Waals surface area contributed by atoms with E-state index in [1.807, 2.05) is 57.2 Å². The summed E-state index contributed by atoms with van der Waals surface area (Å²) in [6, 6.07) is 11.6. The van der Waals surface area contributed by atoms with Gasteiger partial charge in [-0.2, -0.15) is 0 Å². The lowest BCUT2D eigenvalue weighted by Gasteiger charge is -2.46. The molecule has 0 bridgehead atoms. The predicted molar refractivity (Wildman–Crippen MR) is 174 cm³/mol. The van der Waals surface area contributed by atoms with Crippen molar-refractivity contribution in [1.29, 1.82) is 0 Å². The Morgan fingerprint density at radius 1 is 1.13 bits per heavy atom. The number of rotatable bonds is 16. The fraction of sp³-hybridized carbons (Fsp3) is 0.568. The van der Waals surface area contributed by atoms with Gasteiger partial charge in [-0.25, -0.2) is 0 Å². The molecule has 0 radical (unpaired) electrons. The number of Topliss-reactive ketones (excluding diaryl/α,β-unsaturated/α-hetero) is 1. The summed E-state index contributed by atoms with van der Waals surface area (Å²) in [4.78, 5) is 26.6. The molecule has 0 amide bonds. The number of aliphatic hydroxyl groups is 1. The molecule has 1 saturated carbocycles. The molecule has 1 aliphatic carbocycles. The summed E-state index contributed by atoms with van der Waals surface area (Å²) in [5.74, 6) is 1.45. The molecule has 0 spiro atoms. The molecule has 1 fully saturated rings. The van der Waals surface area contributed by atoms with Gasteiger partial charge in [0.25, 0.3) is 0 Å². The Labute approximate surface area is 272 Å². The Kier molecular flexibility index (Phi) is 12.8. The van der Waals surface area contributed by atoms with Gasteiger partial charge in [0, 0.05) is 25.7 Å². The maximum Gasteiger partial charge on any atom is 0.309 e. The van der Waals surface area contributed by atoms with Gasteiger partial charge >= 0.3 is 5.97 Å². The molecule has 252 valence electrons. The summed E-state index contributed by atoms with van der Waals surface area (Å²) in [7, 11) is 3.25. The summed E-state index contributed by atoms with van der Waals surface area (Å²) >= 11 is 0. The third-order valence-corrected chi connectivity index (χ3v) is 9.46. The van der Waals surface area contributed by atoms with Gasteiger partial charge in [-0.1, -0.05) is 55.3 Å². The van der Waals surface area contributed by atoms with E-state index in [4.69, 9.17) is 28.1 Å². The molecule has 2 aromatic rings. The highest BCUT2D eigenvalue weighted by atomic mass is 16.5. The summed E-state index contributed by atoms with van der Waals surface area (Å²) in [5.41, 5.74) is 1.21. The minimum Gasteiger partial charge on any atom is -0.489 e. The van der Waals surface area contributed by atoms with Crippen LogP contribution in [0.4, 0.5) is 0 Å². The number of esters is 1. The highest BCUT2D eigenvalue weighted by Crippen LogP contribution is 2.48. The number of hydrogen-bond acceptors (Lipinski definition) is 9. The topological polar surface area (TPSA) is 114 Å². The molecule has 9 heteroatoms. The number of aryl methyl sites for hydroxylation is 1. The van der Waals surface area contributed by atoms with Crippen molar-refractivity contribution in [1.82, 2.24) is 0 Å². The SMILES string of the molecule is CCC1CC2Oc3ccccc3C(OCCOC)C2C(=O)C1CCOC(=O)CC=CC(O)C=C(C)C(C)(COC)c1ccc(C)o1. The monoisotopic (exact) mass is 638 g/mol. The van der Waals surface area contributed by atoms with Gasteiger partial charge in [0.2, 0.25) is 0 Å². The van der Waals surface area contributed by atoms with Crippen molar-refractivity contribution in [2.24, 2.45) is 17.8 Å². The summed E-state index contributed by atoms with van der Waals surface area (Å²) in [6.45, 7) is 9.23. The first-order valence-electron chi connectivity index (χ1n) is 16.3. The summed E-state index contributed by atoms with van der Waals surface area (Å²) in [5, 5.41) is 10.6. The Morgan fingerprint density at radius 3 is 2.61 bits per heavy atom. The minimum atomic E-state index is -0.903. The number of carbonyl (C=O) groups excluding carboxylic acids is 2. The third-order valence-electron chi connectivity index (χ3n) is 9.46. The van der Waals surface area contributed by atoms with Crippen LogP contribution in [0, 0.1) is 24.7 Å². The van der Waals surface area contributed by atoms with Crippen molar-refractivity contribution in [3.8, 4) is 5.75 Å². The second-order valence-electron chi connectivity index (χ2n) is 12.6. The van der Waals surface area contributed by atoms with Gasteiger partial charge in [0.1, 0.15) is 29.2 Å². The molecule has 7 atom stereocenters. The van der Waals surface area contributed by atoms with Crippen LogP contribution >= 0.6 is 0 Å². The summed E-state index contributed by atoms with van der Waals surface area (Å²) < 4.78 is 34.6. The molecule has 9 nitrogen and oxygen atoms in total. The van der Waals surface area contributed by atoms with Crippen LogP contribution in [0.5, 0.6) is 5.75 Å². The van der Waals surface area contributed by atoms with E-state index in [1.54, 1.807) is 32.4 Å². The first-order valence-corrected chi connectivity index (χ1v) is 16.3. The van der Waals surface area contributed by atoms with Crippen LogP contribution < -0.4 is 4.74 Å². The lowest BCUT2D eigenvalue weighted by molar-refractivity contribution is -0.154. The molecule has 7 unspecified atom stereocenters. The largest absolute Gasteiger partial charge is 0.489 e. The zero-order chi connectivity index (χ0) is 33.3. The van der Waals surface area contributed by atoms with E-state index in [0.29, 0.717) is 26.2 Å². The van der Waals surface area contributed by atoms with E-state index in [2.05, 4.69) is 6.92 Å². The zero-order valence-corrected chi connectivity index (χ0v) is 28.0. The van der Waals surface area contributed by atoms with Crippen molar-refractivity contribution in [2.75, 3.05) is 40.6 Å². The number of para-hydroxylation sites is 1. The van der Waals surface area contributed by atoms with Gasteiger partial charge in [-0.15, -0.1) is 0 Å². The second-order valence-corrected chi connectivity index (χ2v) is 12.6. The van der Waals surface area contributed by atoms with Crippen LogP contribution in [-0.4, -0.2) is 69.7 Å². The molecule has 2 aliphatic rings. The normalized spacial score (nSPS) is 25.0. The van der Waals surface area contributed by atoms with Crippen LogP contribution in [0.1, 0.15) is 69.6 Å². The smallest absolute Gasteiger partial charge is 0.309 e. The molecule has 2 heterocycles. The molecule has 4 rings (SSSR count).